The number of anilines is 1. The van der Waals surface area contributed by atoms with Gasteiger partial charge in [0.05, 0.1) is 5.92 Å². The molecule has 3 rings (SSSR count). The van der Waals surface area contributed by atoms with Gasteiger partial charge >= 0.3 is 5.97 Å². The van der Waals surface area contributed by atoms with E-state index in [-0.39, 0.29) is 11.7 Å². The van der Waals surface area contributed by atoms with Crippen molar-refractivity contribution in [3.8, 4) is 0 Å². The maximum absolute atomic E-state index is 12.7. The van der Waals surface area contributed by atoms with E-state index in [1.807, 2.05) is 6.07 Å². The molecule has 1 unspecified atom stereocenters. The average Bonchev–Trinajstić information content (AvgIpc) is 2.65. The van der Waals surface area contributed by atoms with Crippen LogP contribution >= 0.6 is 0 Å². The van der Waals surface area contributed by atoms with Crippen molar-refractivity contribution in [2.24, 2.45) is 11.8 Å². The number of carbonyl (C=O) groups excluding carboxylic acids is 1. The van der Waals surface area contributed by atoms with Gasteiger partial charge in [-0.1, -0.05) is 13.8 Å². The first-order chi connectivity index (χ1) is 12.9. The Morgan fingerprint density at radius 2 is 2.04 bits per heavy atom. The molecular weight excluding hydrogens is 340 g/mol. The normalized spacial score (nSPS) is 20.6. The fourth-order valence-electron chi connectivity index (χ4n) is 4.34. The molecule has 148 valence electrons. The zero-order valence-electron chi connectivity index (χ0n) is 16.6. The Kier molecular flexibility index (Phi) is 6.53. The minimum atomic E-state index is -0.716. The van der Waals surface area contributed by atoms with Crippen molar-refractivity contribution in [1.29, 1.82) is 0 Å². The molecular formula is C22H32N2O3. The fourth-order valence-corrected chi connectivity index (χ4v) is 4.34. The molecule has 1 aromatic rings. The molecule has 1 saturated heterocycles. The quantitative estimate of drug-likeness (QED) is 0.743. The molecule has 0 bridgehead atoms. The zero-order chi connectivity index (χ0) is 19.4. The molecule has 1 N–H and O–H groups in total. The molecule has 5 heteroatoms. The van der Waals surface area contributed by atoms with Gasteiger partial charge in [-0.25, -0.2) is 0 Å². The van der Waals surface area contributed by atoms with Gasteiger partial charge in [0, 0.05) is 43.9 Å². The molecule has 5 nitrogen and oxygen atoms in total. The van der Waals surface area contributed by atoms with Crippen LogP contribution in [-0.4, -0.2) is 54.5 Å². The van der Waals surface area contributed by atoms with Crippen LogP contribution in [0.5, 0.6) is 0 Å². The third-order valence-corrected chi connectivity index (χ3v) is 5.71. The van der Waals surface area contributed by atoms with Gasteiger partial charge in [0.2, 0.25) is 0 Å². The summed E-state index contributed by atoms with van der Waals surface area (Å²) in [6.45, 7) is 8.74. The topological polar surface area (TPSA) is 60.9 Å². The molecule has 1 fully saturated rings. The summed E-state index contributed by atoms with van der Waals surface area (Å²) in [4.78, 5) is 28.5. The molecule has 0 radical (unpaired) electrons. The van der Waals surface area contributed by atoms with Crippen molar-refractivity contribution < 1.29 is 14.7 Å². The molecule has 1 aromatic carbocycles. The van der Waals surface area contributed by atoms with Crippen molar-refractivity contribution in [2.75, 3.05) is 37.6 Å². The lowest BCUT2D eigenvalue weighted by Gasteiger charge is -2.33. The minimum Gasteiger partial charge on any atom is -0.481 e. The van der Waals surface area contributed by atoms with Crippen molar-refractivity contribution in [2.45, 2.75) is 46.0 Å². The van der Waals surface area contributed by atoms with Gasteiger partial charge in [-0.15, -0.1) is 0 Å². The summed E-state index contributed by atoms with van der Waals surface area (Å²) in [5.41, 5.74) is 3.37. The van der Waals surface area contributed by atoms with Crippen molar-refractivity contribution in [3.05, 3.63) is 29.3 Å². The summed E-state index contributed by atoms with van der Waals surface area (Å²) in [6.07, 6.45) is 4.28. The monoisotopic (exact) mass is 372 g/mol. The largest absolute Gasteiger partial charge is 0.481 e. The number of aryl methyl sites for hydroxylation is 1. The highest BCUT2D eigenvalue weighted by Crippen LogP contribution is 2.29. The first-order valence-electron chi connectivity index (χ1n) is 10.3. The standard InChI is InChI=1S/C22H32N2O3/c1-16(2)14-24-11-4-5-17-13-18(7-8-20(17)24)21(25)9-12-23-10-3-6-19(15-23)22(26)27/h7-8,13,16,19H,3-6,9-12,14-15H2,1-2H3,(H,26,27). The molecule has 1 atom stereocenters. The number of likely N-dealkylation sites (tertiary alicyclic amines) is 1. The second-order valence-electron chi connectivity index (χ2n) is 8.44. The SMILES string of the molecule is CC(C)CN1CCCc2cc(C(=O)CCN3CCCC(C(=O)O)C3)ccc21. The van der Waals surface area contributed by atoms with Gasteiger partial charge in [0.15, 0.2) is 5.78 Å². The van der Waals surface area contributed by atoms with E-state index in [0.717, 1.165) is 50.9 Å². The fraction of sp³-hybridized carbons (Fsp3) is 0.636. The third kappa shape index (κ3) is 5.10. The zero-order valence-corrected chi connectivity index (χ0v) is 16.6. The van der Waals surface area contributed by atoms with Crippen LogP contribution in [0, 0.1) is 11.8 Å². The number of fused-ring (bicyclic) bond motifs is 1. The molecule has 0 aliphatic carbocycles. The maximum Gasteiger partial charge on any atom is 0.307 e. The molecule has 0 aromatic heterocycles. The lowest BCUT2D eigenvalue weighted by molar-refractivity contribution is -0.143. The van der Waals surface area contributed by atoms with Crippen LogP contribution in [0.1, 0.15) is 55.5 Å². The van der Waals surface area contributed by atoms with Gasteiger partial charge < -0.3 is 14.9 Å². The smallest absolute Gasteiger partial charge is 0.307 e. The molecule has 2 aliphatic rings. The first-order valence-corrected chi connectivity index (χ1v) is 10.3. The van der Waals surface area contributed by atoms with Gasteiger partial charge in [0.25, 0.3) is 0 Å². The molecule has 0 amide bonds. The van der Waals surface area contributed by atoms with Crippen LogP contribution < -0.4 is 4.90 Å². The summed E-state index contributed by atoms with van der Waals surface area (Å²) in [6, 6.07) is 6.17. The van der Waals surface area contributed by atoms with Gasteiger partial charge in [-0.2, -0.15) is 0 Å². The lowest BCUT2D eigenvalue weighted by Crippen LogP contribution is -2.39. The minimum absolute atomic E-state index is 0.163. The Balaban J connectivity index is 1.60. The maximum atomic E-state index is 12.7. The number of ketones is 1. The van der Waals surface area contributed by atoms with E-state index in [4.69, 9.17) is 0 Å². The van der Waals surface area contributed by atoms with Gasteiger partial charge in [0.1, 0.15) is 0 Å². The highest BCUT2D eigenvalue weighted by atomic mass is 16.4. The van der Waals surface area contributed by atoms with Crippen LogP contribution in [0.3, 0.4) is 0 Å². The number of hydrogen-bond donors (Lipinski definition) is 1. The van der Waals surface area contributed by atoms with E-state index in [1.54, 1.807) is 0 Å². The number of aliphatic carboxylic acids is 1. The van der Waals surface area contributed by atoms with Crippen LogP contribution in [0.15, 0.2) is 18.2 Å². The Morgan fingerprint density at radius 1 is 1.22 bits per heavy atom. The van der Waals surface area contributed by atoms with Crippen LogP contribution in [-0.2, 0) is 11.2 Å². The number of piperidine rings is 1. The molecule has 0 saturated carbocycles. The number of carboxylic acid groups (broad SMARTS) is 1. The van der Waals surface area contributed by atoms with Gasteiger partial charge in [-0.3, -0.25) is 9.59 Å². The van der Waals surface area contributed by atoms with E-state index in [9.17, 15) is 14.7 Å². The average molecular weight is 373 g/mol. The number of nitrogens with zero attached hydrogens (tertiary/aromatic N) is 2. The second kappa shape index (κ2) is 8.87. The number of rotatable bonds is 7. The third-order valence-electron chi connectivity index (χ3n) is 5.71. The first kappa shape index (κ1) is 19.9. The summed E-state index contributed by atoms with van der Waals surface area (Å²) >= 11 is 0. The predicted molar refractivity (Wildman–Crippen MR) is 108 cm³/mol. The molecule has 0 spiro atoms. The van der Waals surface area contributed by atoms with E-state index in [1.165, 1.54) is 11.3 Å². The van der Waals surface area contributed by atoms with Crippen LogP contribution in [0.25, 0.3) is 0 Å². The van der Waals surface area contributed by atoms with Crippen molar-refractivity contribution in [1.82, 2.24) is 4.90 Å². The Hall–Kier alpha value is -1.88. The van der Waals surface area contributed by atoms with E-state index < -0.39 is 5.97 Å². The van der Waals surface area contributed by atoms with E-state index >= 15 is 0 Å². The van der Waals surface area contributed by atoms with E-state index in [0.29, 0.717) is 25.4 Å². The van der Waals surface area contributed by atoms with Crippen LogP contribution in [0.4, 0.5) is 5.69 Å². The van der Waals surface area contributed by atoms with Crippen molar-refractivity contribution in [3.63, 3.8) is 0 Å². The number of hydrogen-bond acceptors (Lipinski definition) is 4. The summed E-state index contributed by atoms with van der Waals surface area (Å²) in [7, 11) is 0. The Bertz CT molecular complexity index is 686. The summed E-state index contributed by atoms with van der Waals surface area (Å²) in [5.74, 6) is -0.219. The highest BCUT2D eigenvalue weighted by molar-refractivity contribution is 5.97. The Labute approximate surface area is 162 Å². The van der Waals surface area contributed by atoms with Crippen molar-refractivity contribution >= 4 is 17.4 Å². The van der Waals surface area contributed by atoms with E-state index in [2.05, 4.69) is 35.8 Å². The number of carbonyl (C=O) groups is 2. The molecule has 27 heavy (non-hydrogen) atoms. The summed E-state index contributed by atoms with van der Waals surface area (Å²) in [5, 5.41) is 9.20. The highest BCUT2D eigenvalue weighted by Gasteiger charge is 2.25. The van der Waals surface area contributed by atoms with Gasteiger partial charge in [-0.05, 0) is 61.9 Å². The number of benzene rings is 1. The number of Topliss-reactive ketones (excluding diaryl/α,β-unsaturated/α-hetero) is 1. The summed E-state index contributed by atoms with van der Waals surface area (Å²) < 4.78 is 0. The Morgan fingerprint density at radius 3 is 2.78 bits per heavy atom. The predicted octanol–water partition coefficient (Wildman–Crippen LogP) is 3.46. The molecule has 2 aliphatic heterocycles. The van der Waals surface area contributed by atoms with Crippen LogP contribution in [0.2, 0.25) is 0 Å². The number of carboxylic acids is 1. The molecule has 2 heterocycles. The lowest BCUT2D eigenvalue weighted by atomic mass is 9.95. The second-order valence-corrected chi connectivity index (χ2v) is 8.44.